The van der Waals surface area contributed by atoms with Gasteiger partial charge in [0.1, 0.15) is 6.04 Å². The van der Waals surface area contributed by atoms with Crippen molar-refractivity contribution in [2.75, 3.05) is 25.2 Å². The zero-order valence-electron chi connectivity index (χ0n) is 21.7. The van der Waals surface area contributed by atoms with Crippen LogP contribution in [0.4, 0.5) is 0 Å². The van der Waals surface area contributed by atoms with Gasteiger partial charge in [-0.25, -0.2) is 4.79 Å². The summed E-state index contributed by atoms with van der Waals surface area (Å²) in [5.41, 5.74) is 4.55. The Morgan fingerprint density at radius 3 is 2.20 bits per heavy atom. The van der Waals surface area contributed by atoms with Gasteiger partial charge in [-0.05, 0) is 65.5 Å². The van der Waals surface area contributed by atoms with Gasteiger partial charge in [0.05, 0.1) is 13.7 Å². The molecule has 1 atom stereocenters. The van der Waals surface area contributed by atoms with Crippen LogP contribution in [-0.2, 0) is 14.3 Å². The number of thioether (sulfide) groups is 1. The van der Waals surface area contributed by atoms with Gasteiger partial charge >= 0.3 is 5.97 Å². The summed E-state index contributed by atoms with van der Waals surface area (Å²) in [5, 5.41) is 5.21. The first-order valence-electron chi connectivity index (χ1n) is 12.0. The van der Waals surface area contributed by atoms with E-state index < -0.39 is 17.9 Å². The van der Waals surface area contributed by atoms with Crippen LogP contribution in [0.25, 0.3) is 0 Å². The molecular weight excluding hydrogens is 460 g/mol. The van der Waals surface area contributed by atoms with E-state index in [0.29, 0.717) is 11.3 Å². The second-order valence-electron chi connectivity index (χ2n) is 8.69. The fraction of sp³-hybridized carbons (Fsp3) is 0.464. The van der Waals surface area contributed by atoms with Crippen LogP contribution in [0.5, 0.6) is 0 Å². The first-order valence-corrected chi connectivity index (χ1v) is 13.1. The summed E-state index contributed by atoms with van der Waals surface area (Å²) < 4.78 is 4.82. The number of esters is 1. The van der Waals surface area contributed by atoms with Crippen molar-refractivity contribution in [1.82, 2.24) is 10.6 Å². The van der Waals surface area contributed by atoms with E-state index in [0.717, 1.165) is 31.4 Å². The molecule has 192 valence electrons. The third kappa shape index (κ3) is 14.3. The second-order valence-corrected chi connectivity index (χ2v) is 9.76. The third-order valence-electron chi connectivity index (χ3n) is 5.22. The zero-order chi connectivity index (χ0) is 26.1. The number of ether oxygens (including phenoxy) is 1. The Morgan fingerprint density at radius 1 is 0.943 bits per heavy atom. The molecular formula is C28H40N2O4S. The molecule has 6 nitrogen and oxygen atoms in total. The van der Waals surface area contributed by atoms with Crippen molar-refractivity contribution in [3.05, 3.63) is 70.8 Å². The lowest BCUT2D eigenvalue weighted by atomic mass is 10.1. The molecule has 0 aliphatic carbocycles. The van der Waals surface area contributed by atoms with E-state index in [-0.39, 0.29) is 12.5 Å². The highest BCUT2D eigenvalue weighted by Gasteiger charge is 2.21. The summed E-state index contributed by atoms with van der Waals surface area (Å²) in [5.74, 6) is -0.164. The molecule has 7 heteroatoms. The number of hydrogen-bond acceptors (Lipinski definition) is 5. The largest absolute Gasteiger partial charge is 0.467 e. The van der Waals surface area contributed by atoms with Gasteiger partial charge in [0.15, 0.2) is 0 Å². The molecule has 1 aromatic rings. The molecule has 0 spiro atoms. The van der Waals surface area contributed by atoms with Crippen molar-refractivity contribution in [2.24, 2.45) is 0 Å². The Labute approximate surface area is 214 Å². The number of carbonyl (C=O) groups is 3. The summed E-state index contributed by atoms with van der Waals surface area (Å²) in [6, 6.07) is 7.87. The SMILES string of the molecule is COC(=O)C(CSC/C=C(\C)CC/C=C(\C)CCC=C(C)C)NC(=O)CNC(=O)c1ccccc1. The van der Waals surface area contributed by atoms with Crippen molar-refractivity contribution in [1.29, 1.82) is 0 Å². The Morgan fingerprint density at radius 2 is 1.57 bits per heavy atom. The number of nitrogens with one attached hydrogen (secondary N) is 2. The summed E-state index contributed by atoms with van der Waals surface area (Å²) in [6.45, 7) is 8.33. The lowest BCUT2D eigenvalue weighted by Crippen LogP contribution is -2.47. The van der Waals surface area contributed by atoms with Crippen LogP contribution in [-0.4, -0.2) is 49.0 Å². The van der Waals surface area contributed by atoms with Crippen molar-refractivity contribution in [2.45, 2.75) is 59.4 Å². The van der Waals surface area contributed by atoms with Crippen molar-refractivity contribution >= 4 is 29.5 Å². The van der Waals surface area contributed by atoms with Gasteiger partial charge in [0, 0.05) is 17.1 Å². The standard InChI is InChI=1S/C28H40N2O4S/c1-21(2)11-9-12-22(3)13-10-14-23(4)17-18-35-20-25(28(33)34-5)30-26(31)19-29-27(32)24-15-7-6-8-16-24/h6-8,11,13,15-17,25H,9-10,12,14,18-20H2,1-5H3,(H,29,32)(H,30,31)/b22-13+,23-17+. The molecule has 0 saturated heterocycles. The molecule has 0 bridgehead atoms. The normalized spacial score (nSPS) is 12.5. The highest BCUT2D eigenvalue weighted by molar-refractivity contribution is 7.99. The topological polar surface area (TPSA) is 84.5 Å². The Kier molecular flexibility index (Phi) is 15.2. The molecule has 2 amide bonds. The number of amides is 2. The number of carbonyl (C=O) groups excluding carboxylic acids is 3. The van der Waals surface area contributed by atoms with Crippen LogP contribution in [0.1, 0.15) is 63.7 Å². The van der Waals surface area contributed by atoms with E-state index in [1.54, 1.807) is 36.0 Å². The maximum atomic E-state index is 12.3. The molecule has 0 fully saturated rings. The predicted octanol–water partition coefficient (Wildman–Crippen LogP) is 5.23. The van der Waals surface area contributed by atoms with Crippen LogP contribution in [0.3, 0.4) is 0 Å². The minimum Gasteiger partial charge on any atom is -0.467 e. The maximum Gasteiger partial charge on any atom is 0.329 e. The average Bonchev–Trinajstić information content (AvgIpc) is 2.84. The van der Waals surface area contributed by atoms with Crippen LogP contribution in [0, 0.1) is 0 Å². The molecule has 2 N–H and O–H groups in total. The number of allylic oxidation sites excluding steroid dienone is 5. The van der Waals surface area contributed by atoms with E-state index in [4.69, 9.17) is 4.74 Å². The second kappa shape index (κ2) is 17.6. The summed E-state index contributed by atoms with van der Waals surface area (Å²) in [6.07, 6.45) is 10.9. The third-order valence-corrected chi connectivity index (χ3v) is 6.19. The Balaban J connectivity index is 2.39. The molecule has 0 aromatic heterocycles. The van der Waals surface area contributed by atoms with E-state index in [1.165, 1.54) is 23.8 Å². The molecule has 0 aliphatic rings. The summed E-state index contributed by atoms with van der Waals surface area (Å²) in [4.78, 5) is 36.4. The van der Waals surface area contributed by atoms with Gasteiger partial charge in [-0.2, -0.15) is 11.8 Å². The van der Waals surface area contributed by atoms with Crippen LogP contribution in [0.2, 0.25) is 0 Å². The fourth-order valence-electron chi connectivity index (χ4n) is 3.13. The lowest BCUT2D eigenvalue weighted by molar-refractivity contribution is -0.144. The number of benzene rings is 1. The minimum atomic E-state index is -0.772. The first kappa shape index (κ1) is 30.2. The number of rotatable bonds is 15. The summed E-state index contributed by atoms with van der Waals surface area (Å²) in [7, 11) is 1.29. The quantitative estimate of drug-likeness (QED) is 0.196. The maximum absolute atomic E-state index is 12.3. The smallest absolute Gasteiger partial charge is 0.329 e. The van der Waals surface area contributed by atoms with E-state index in [9.17, 15) is 14.4 Å². The predicted molar refractivity (Wildman–Crippen MR) is 145 cm³/mol. The molecule has 0 aliphatic heterocycles. The number of hydrogen-bond donors (Lipinski definition) is 2. The van der Waals surface area contributed by atoms with Gasteiger partial charge in [0.25, 0.3) is 5.91 Å². The Hall–Kier alpha value is -2.80. The number of methoxy groups -OCH3 is 1. The average molecular weight is 501 g/mol. The molecule has 1 unspecified atom stereocenters. The van der Waals surface area contributed by atoms with Gasteiger partial charge < -0.3 is 15.4 Å². The van der Waals surface area contributed by atoms with Crippen molar-refractivity contribution < 1.29 is 19.1 Å². The molecule has 35 heavy (non-hydrogen) atoms. The first-order chi connectivity index (χ1) is 16.7. The highest BCUT2D eigenvalue weighted by atomic mass is 32.2. The molecule has 1 rings (SSSR count). The van der Waals surface area contributed by atoms with Crippen LogP contribution < -0.4 is 10.6 Å². The molecule has 1 aromatic carbocycles. The van der Waals surface area contributed by atoms with E-state index in [2.05, 4.69) is 56.6 Å². The lowest BCUT2D eigenvalue weighted by Gasteiger charge is -2.16. The molecule has 0 radical (unpaired) electrons. The summed E-state index contributed by atoms with van der Waals surface area (Å²) >= 11 is 1.55. The molecule has 0 saturated carbocycles. The van der Waals surface area contributed by atoms with Crippen LogP contribution in [0.15, 0.2) is 65.3 Å². The van der Waals surface area contributed by atoms with E-state index in [1.807, 2.05) is 6.07 Å². The molecule has 0 heterocycles. The Bertz CT molecular complexity index is 903. The highest BCUT2D eigenvalue weighted by Crippen LogP contribution is 2.13. The van der Waals surface area contributed by atoms with Gasteiger partial charge in [0.2, 0.25) is 5.91 Å². The minimum absolute atomic E-state index is 0.216. The van der Waals surface area contributed by atoms with Gasteiger partial charge in [-0.3, -0.25) is 9.59 Å². The fourth-order valence-corrected chi connectivity index (χ4v) is 4.13. The van der Waals surface area contributed by atoms with Gasteiger partial charge in [-0.15, -0.1) is 0 Å². The van der Waals surface area contributed by atoms with Crippen molar-refractivity contribution in [3.63, 3.8) is 0 Å². The monoisotopic (exact) mass is 500 g/mol. The zero-order valence-corrected chi connectivity index (χ0v) is 22.5. The van der Waals surface area contributed by atoms with Gasteiger partial charge in [-0.1, -0.05) is 53.1 Å². The van der Waals surface area contributed by atoms with Crippen LogP contribution >= 0.6 is 11.8 Å². The van der Waals surface area contributed by atoms with Crippen molar-refractivity contribution in [3.8, 4) is 0 Å². The van der Waals surface area contributed by atoms with E-state index >= 15 is 0 Å².